The first-order valence-corrected chi connectivity index (χ1v) is 12.5. The third-order valence-corrected chi connectivity index (χ3v) is 8.03. The van der Waals surface area contributed by atoms with Crippen LogP contribution in [0.4, 0.5) is 0 Å². The maximum Gasteiger partial charge on any atom is 0.311 e. The van der Waals surface area contributed by atoms with Gasteiger partial charge in [0, 0.05) is 24.2 Å². The fourth-order valence-electron chi connectivity index (χ4n) is 4.19. The van der Waals surface area contributed by atoms with Gasteiger partial charge in [0.2, 0.25) is 15.8 Å². The molecule has 178 valence electrons. The molecule has 0 radical (unpaired) electrons. The summed E-state index contributed by atoms with van der Waals surface area (Å²) in [5, 5.41) is 3.74. The van der Waals surface area contributed by atoms with Crippen LogP contribution in [0.2, 0.25) is 0 Å². The predicted molar refractivity (Wildman–Crippen MR) is 124 cm³/mol. The van der Waals surface area contributed by atoms with Gasteiger partial charge >= 0.3 is 5.97 Å². The van der Waals surface area contributed by atoms with E-state index in [2.05, 4.69) is 5.16 Å². The molecule has 0 aliphatic carbocycles. The fraction of sp³-hybridized carbons (Fsp3) is 0.320. The van der Waals surface area contributed by atoms with Gasteiger partial charge in [0.1, 0.15) is 10.6 Å². The van der Waals surface area contributed by atoms with Crippen LogP contribution in [0.25, 0.3) is 0 Å². The van der Waals surface area contributed by atoms with Crippen molar-refractivity contribution < 1.29 is 27.3 Å². The van der Waals surface area contributed by atoms with E-state index in [0.717, 1.165) is 0 Å². The van der Waals surface area contributed by atoms with E-state index >= 15 is 0 Å². The molecule has 4 rings (SSSR count). The van der Waals surface area contributed by atoms with E-state index in [0.29, 0.717) is 24.0 Å². The van der Waals surface area contributed by atoms with Crippen molar-refractivity contribution in [2.24, 2.45) is 5.92 Å². The van der Waals surface area contributed by atoms with Gasteiger partial charge in [-0.3, -0.25) is 9.59 Å². The minimum Gasteiger partial charge on any atom is -0.449 e. The number of nitrogens with zero attached hydrogens (tertiary/aromatic N) is 2. The van der Waals surface area contributed by atoms with Crippen LogP contribution in [0, 0.1) is 19.8 Å². The normalized spacial score (nSPS) is 17.8. The maximum atomic E-state index is 13.2. The molecule has 0 spiro atoms. The molecule has 1 saturated heterocycles. The third kappa shape index (κ3) is 4.80. The lowest BCUT2D eigenvalue weighted by Crippen LogP contribution is -2.43. The molecule has 2 aromatic carbocycles. The van der Waals surface area contributed by atoms with Gasteiger partial charge in [0.05, 0.1) is 5.92 Å². The number of ketones is 1. The van der Waals surface area contributed by atoms with E-state index in [-0.39, 0.29) is 35.2 Å². The van der Waals surface area contributed by atoms with E-state index in [1.165, 1.54) is 4.31 Å². The first-order valence-electron chi connectivity index (χ1n) is 11.1. The topological polar surface area (TPSA) is 107 Å². The standard InChI is InChI=1S/C25H26N2O6S/c1-17-24(18(2)33-26-17)34(30,31)27-15-9-14-21(16-27)25(29)32-23(20-12-7-4-8-13-20)22(28)19-10-5-3-6-11-19/h3-8,10-13,21,23H,9,14-16H2,1-2H3. The van der Waals surface area contributed by atoms with Crippen LogP contribution in [0.5, 0.6) is 0 Å². The van der Waals surface area contributed by atoms with Crippen molar-refractivity contribution in [1.82, 2.24) is 9.46 Å². The number of Topliss-reactive ketones (excluding diaryl/α,β-unsaturated/α-hetero) is 1. The highest BCUT2D eigenvalue weighted by Gasteiger charge is 2.38. The Hall–Kier alpha value is -3.30. The number of piperidine rings is 1. The predicted octanol–water partition coefficient (Wildman–Crippen LogP) is 3.86. The Bertz CT molecular complexity index is 1250. The second kappa shape index (κ2) is 9.90. The van der Waals surface area contributed by atoms with Crippen LogP contribution in [0.15, 0.2) is 70.1 Å². The van der Waals surface area contributed by atoms with Gasteiger partial charge in [-0.2, -0.15) is 4.31 Å². The number of benzene rings is 2. The summed E-state index contributed by atoms with van der Waals surface area (Å²) in [6.45, 7) is 3.36. The summed E-state index contributed by atoms with van der Waals surface area (Å²) >= 11 is 0. The number of aromatic nitrogens is 1. The molecule has 1 aliphatic heterocycles. The molecule has 8 nitrogen and oxygen atoms in total. The quantitative estimate of drug-likeness (QED) is 0.372. The Kier molecular flexibility index (Phi) is 6.95. The number of ether oxygens (including phenoxy) is 1. The average Bonchev–Trinajstić information content (AvgIpc) is 3.21. The van der Waals surface area contributed by atoms with Crippen LogP contribution in [-0.4, -0.2) is 42.7 Å². The monoisotopic (exact) mass is 482 g/mol. The SMILES string of the molecule is Cc1noc(C)c1S(=O)(=O)N1CCCC(C(=O)OC(C(=O)c2ccccc2)c2ccccc2)C1. The zero-order valence-corrected chi connectivity index (χ0v) is 19.8. The van der Waals surface area contributed by atoms with Gasteiger partial charge in [0.15, 0.2) is 11.9 Å². The second-order valence-corrected chi connectivity index (χ2v) is 10.2. The molecule has 0 bridgehead atoms. The number of sulfonamides is 1. The summed E-state index contributed by atoms with van der Waals surface area (Å²) in [5.41, 5.74) is 1.26. The Morgan fingerprint density at radius 1 is 1.06 bits per heavy atom. The van der Waals surface area contributed by atoms with Gasteiger partial charge in [0.25, 0.3) is 0 Å². The van der Waals surface area contributed by atoms with Gasteiger partial charge in [-0.1, -0.05) is 65.8 Å². The van der Waals surface area contributed by atoms with Crippen molar-refractivity contribution in [3.8, 4) is 0 Å². The average molecular weight is 483 g/mol. The van der Waals surface area contributed by atoms with Gasteiger partial charge < -0.3 is 9.26 Å². The molecule has 3 aromatic rings. The minimum absolute atomic E-state index is 0.0305. The number of rotatable bonds is 7. The van der Waals surface area contributed by atoms with Crippen LogP contribution < -0.4 is 0 Å². The molecule has 0 amide bonds. The molecule has 1 aromatic heterocycles. The molecule has 2 heterocycles. The zero-order chi connectivity index (χ0) is 24.3. The summed E-state index contributed by atoms with van der Waals surface area (Å²) in [4.78, 5) is 26.4. The molecule has 0 saturated carbocycles. The van der Waals surface area contributed by atoms with Crippen LogP contribution >= 0.6 is 0 Å². The summed E-state index contributed by atoms with van der Waals surface area (Å²) < 4.78 is 38.5. The van der Waals surface area contributed by atoms with E-state index in [1.54, 1.807) is 68.4 Å². The van der Waals surface area contributed by atoms with E-state index < -0.39 is 28.0 Å². The summed E-state index contributed by atoms with van der Waals surface area (Å²) in [6, 6.07) is 17.5. The number of carbonyl (C=O) groups excluding carboxylic acids is 2. The van der Waals surface area contributed by atoms with E-state index in [9.17, 15) is 18.0 Å². The number of carbonyl (C=O) groups is 2. The van der Waals surface area contributed by atoms with Gasteiger partial charge in [-0.15, -0.1) is 0 Å². The lowest BCUT2D eigenvalue weighted by Gasteiger charge is -2.31. The molecule has 2 atom stereocenters. The number of hydrogen-bond acceptors (Lipinski definition) is 7. The molecule has 2 unspecified atom stereocenters. The molecule has 34 heavy (non-hydrogen) atoms. The Morgan fingerprint density at radius 3 is 2.32 bits per heavy atom. The lowest BCUT2D eigenvalue weighted by atomic mass is 9.97. The highest BCUT2D eigenvalue weighted by molar-refractivity contribution is 7.89. The van der Waals surface area contributed by atoms with Crippen molar-refractivity contribution in [2.75, 3.05) is 13.1 Å². The van der Waals surface area contributed by atoms with Crippen molar-refractivity contribution in [1.29, 1.82) is 0 Å². The highest BCUT2D eigenvalue weighted by atomic mass is 32.2. The fourth-order valence-corrected chi connectivity index (χ4v) is 6.01. The smallest absolute Gasteiger partial charge is 0.311 e. The second-order valence-electron chi connectivity index (χ2n) is 8.31. The van der Waals surface area contributed by atoms with Crippen LogP contribution in [-0.2, 0) is 19.6 Å². The maximum absolute atomic E-state index is 13.2. The number of aryl methyl sites for hydroxylation is 2. The molecule has 1 fully saturated rings. The van der Waals surface area contributed by atoms with Gasteiger partial charge in [-0.25, -0.2) is 8.42 Å². The summed E-state index contributed by atoms with van der Waals surface area (Å²) in [6.07, 6.45) is -0.163. The first kappa shape index (κ1) is 23.8. The van der Waals surface area contributed by atoms with Gasteiger partial charge in [-0.05, 0) is 26.7 Å². The number of hydrogen-bond donors (Lipinski definition) is 0. The Balaban J connectivity index is 1.55. The molecule has 1 aliphatic rings. The first-order chi connectivity index (χ1) is 16.3. The molecule has 0 N–H and O–H groups in total. The van der Waals surface area contributed by atoms with Crippen molar-refractivity contribution in [2.45, 2.75) is 37.7 Å². The highest BCUT2D eigenvalue weighted by Crippen LogP contribution is 2.30. The third-order valence-electron chi connectivity index (χ3n) is 5.92. The number of esters is 1. The molecule has 9 heteroatoms. The van der Waals surface area contributed by atoms with Crippen molar-refractivity contribution in [3.05, 3.63) is 83.2 Å². The van der Waals surface area contributed by atoms with Crippen molar-refractivity contribution in [3.63, 3.8) is 0 Å². The van der Waals surface area contributed by atoms with E-state index in [4.69, 9.17) is 9.26 Å². The van der Waals surface area contributed by atoms with Crippen LogP contribution in [0.3, 0.4) is 0 Å². The largest absolute Gasteiger partial charge is 0.449 e. The summed E-state index contributed by atoms with van der Waals surface area (Å²) in [7, 11) is -3.88. The lowest BCUT2D eigenvalue weighted by molar-refractivity contribution is -0.153. The van der Waals surface area contributed by atoms with Crippen molar-refractivity contribution >= 4 is 21.8 Å². The minimum atomic E-state index is -3.88. The van der Waals surface area contributed by atoms with Crippen LogP contribution in [0.1, 0.15) is 46.3 Å². The molecular formula is C25H26N2O6S. The Morgan fingerprint density at radius 2 is 1.71 bits per heavy atom. The Labute approximate surface area is 198 Å². The zero-order valence-electron chi connectivity index (χ0n) is 19.0. The molecular weight excluding hydrogens is 456 g/mol. The van der Waals surface area contributed by atoms with E-state index in [1.807, 2.05) is 6.07 Å². The summed E-state index contributed by atoms with van der Waals surface area (Å²) in [5.74, 6) is -1.42.